The van der Waals surface area contributed by atoms with Crippen molar-refractivity contribution in [1.82, 2.24) is 4.98 Å². The van der Waals surface area contributed by atoms with E-state index >= 15 is 0 Å². The number of oxazole rings is 1. The minimum absolute atomic E-state index is 0.291. The summed E-state index contributed by atoms with van der Waals surface area (Å²) in [4.78, 5) is 15.8. The zero-order valence-corrected chi connectivity index (χ0v) is 11.0. The third kappa shape index (κ3) is 3.00. The van der Waals surface area contributed by atoms with Crippen LogP contribution in [0.1, 0.15) is 61.2 Å². The van der Waals surface area contributed by atoms with Crippen molar-refractivity contribution in [3.05, 3.63) is 22.9 Å². The number of rotatable bonds is 3. The van der Waals surface area contributed by atoms with Crippen LogP contribution in [0.2, 0.25) is 0 Å². The summed E-state index contributed by atoms with van der Waals surface area (Å²) in [5, 5.41) is 0. The molecule has 0 spiro atoms. The van der Waals surface area contributed by atoms with Gasteiger partial charge in [0, 0.05) is 0 Å². The molecule has 98 valence electrons. The van der Waals surface area contributed by atoms with Gasteiger partial charge >= 0.3 is 5.97 Å². The molecule has 0 radical (unpaired) electrons. The molecular formula is C14H19NO3. The predicted octanol–water partition coefficient (Wildman–Crippen LogP) is 3.51. The van der Waals surface area contributed by atoms with Crippen molar-refractivity contribution >= 4 is 12.0 Å². The van der Waals surface area contributed by atoms with Crippen LogP contribution >= 0.6 is 0 Å². The largest absolute Gasteiger partial charge is 0.461 e. The molecule has 0 unspecified atom stereocenters. The van der Waals surface area contributed by atoms with Gasteiger partial charge in [-0.3, -0.25) is 0 Å². The van der Waals surface area contributed by atoms with Crippen LogP contribution in [-0.2, 0) is 4.74 Å². The Hall–Kier alpha value is -1.58. The monoisotopic (exact) mass is 249 g/mol. The van der Waals surface area contributed by atoms with Gasteiger partial charge in [0.05, 0.1) is 6.61 Å². The summed E-state index contributed by atoms with van der Waals surface area (Å²) in [5.74, 6) is 0.635. The number of aryl methyl sites for hydroxylation is 1. The van der Waals surface area contributed by atoms with E-state index < -0.39 is 5.97 Å². The Bertz CT molecular complexity index is 452. The third-order valence-electron chi connectivity index (χ3n) is 3.11. The number of ether oxygens (including phenoxy) is 1. The minimum atomic E-state index is -0.410. The highest BCUT2D eigenvalue weighted by atomic mass is 16.5. The van der Waals surface area contributed by atoms with Crippen molar-refractivity contribution in [2.75, 3.05) is 6.61 Å². The van der Waals surface area contributed by atoms with Gasteiger partial charge < -0.3 is 9.15 Å². The minimum Gasteiger partial charge on any atom is -0.461 e. The lowest BCUT2D eigenvalue weighted by molar-refractivity contribution is 0.0518. The van der Waals surface area contributed by atoms with Gasteiger partial charge in [0.1, 0.15) is 5.76 Å². The number of allylic oxidation sites excluding steroid dienone is 1. The Morgan fingerprint density at radius 3 is 2.78 bits per heavy atom. The lowest BCUT2D eigenvalue weighted by Crippen LogP contribution is -2.06. The van der Waals surface area contributed by atoms with Gasteiger partial charge in [-0.15, -0.1) is 0 Å². The third-order valence-corrected chi connectivity index (χ3v) is 3.11. The highest BCUT2D eigenvalue weighted by Gasteiger charge is 2.17. The summed E-state index contributed by atoms with van der Waals surface area (Å²) < 4.78 is 10.4. The van der Waals surface area contributed by atoms with Gasteiger partial charge in [0.2, 0.25) is 5.89 Å². The standard InChI is InChI=1S/C14H19NO3/c1-3-17-14(16)13-10(2)18-12(15-13)9-11-7-5-4-6-8-11/h9H,3-8H2,1-2H3. The van der Waals surface area contributed by atoms with Crippen molar-refractivity contribution in [2.45, 2.75) is 46.0 Å². The van der Waals surface area contributed by atoms with E-state index in [0.29, 0.717) is 24.0 Å². The molecule has 0 aromatic carbocycles. The molecule has 18 heavy (non-hydrogen) atoms. The van der Waals surface area contributed by atoms with Gasteiger partial charge in [-0.2, -0.15) is 0 Å². The zero-order chi connectivity index (χ0) is 13.0. The smallest absolute Gasteiger partial charge is 0.360 e. The molecule has 0 saturated heterocycles. The summed E-state index contributed by atoms with van der Waals surface area (Å²) in [6.45, 7) is 3.86. The summed E-state index contributed by atoms with van der Waals surface area (Å²) in [6.07, 6.45) is 7.95. The first-order chi connectivity index (χ1) is 8.70. The molecule has 0 amide bonds. The van der Waals surface area contributed by atoms with Gasteiger partial charge in [-0.25, -0.2) is 9.78 Å². The first-order valence-electron chi connectivity index (χ1n) is 6.54. The van der Waals surface area contributed by atoms with Crippen LogP contribution < -0.4 is 0 Å². The van der Waals surface area contributed by atoms with Crippen molar-refractivity contribution in [3.8, 4) is 0 Å². The maximum absolute atomic E-state index is 11.6. The first-order valence-corrected chi connectivity index (χ1v) is 6.54. The van der Waals surface area contributed by atoms with E-state index in [-0.39, 0.29) is 0 Å². The molecule has 0 atom stereocenters. The van der Waals surface area contributed by atoms with Crippen LogP contribution in [0.3, 0.4) is 0 Å². The van der Waals surface area contributed by atoms with Crippen LogP contribution in [0.25, 0.3) is 6.08 Å². The van der Waals surface area contributed by atoms with Crippen molar-refractivity contribution < 1.29 is 13.9 Å². The lowest BCUT2D eigenvalue weighted by Gasteiger charge is -2.12. The Kier molecular flexibility index (Phi) is 4.18. The highest BCUT2D eigenvalue weighted by Crippen LogP contribution is 2.25. The number of hydrogen-bond donors (Lipinski definition) is 0. The van der Waals surface area contributed by atoms with E-state index in [0.717, 1.165) is 12.8 Å². The molecule has 1 heterocycles. The van der Waals surface area contributed by atoms with E-state index in [1.54, 1.807) is 13.8 Å². The van der Waals surface area contributed by atoms with Crippen molar-refractivity contribution in [3.63, 3.8) is 0 Å². The normalized spacial score (nSPS) is 15.6. The number of carbonyl (C=O) groups excluding carboxylic acids is 1. The number of hydrogen-bond acceptors (Lipinski definition) is 4. The average molecular weight is 249 g/mol. The van der Waals surface area contributed by atoms with E-state index in [1.165, 1.54) is 24.8 Å². The molecule has 1 aliphatic carbocycles. The van der Waals surface area contributed by atoms with Crippen LogP contribution in [0.4, 0.5) is 0 Å². The second-order valence-corrected chi connectivity index (χ2v) is 4.54. The van der Waals surface area contributed by atoms with Crippen molar-refractivity contribution in [1.29, 1.82) is 0 Å². The van der Waals surface area contributed by atoms with E-state index in [4.69, 9.17) is 9.15 Å². The van der Waals surface area contributed by atoms with E-state index in [1.807, 2.05) is 6.08 Å². The quantitative estimate of drug-likeness (QED) is 0.769. The fourth-order valence-electron chi connectivity index (χ4n) is 2.19. The maximum Gasteiger partial charge on any atom is 0.360 e. The summed E-state index contributed by atoms with van der Waals surface area (Å²) in [7, 11) is 0. The number of aromatic nitrogens is 1. The second kappa shape index (κ2) is 5.85. The fraction of sp³-hybridized carbons (Fsp3) is 0.571. The van der Waals surface area contributed by atoms with Gasteiger partial charge in [0.25, 0.3) is 0 Å². The van der Waals surface area contributed by atoms with Gasteiger partial charge in [-0.1, -0.05) is 12.0 Å². The Morgan fingerprint density at radius 2 is 2.11 bits per heavy atom. The summed E-state index contributed by atoms with van der Waals surface area (Å²) >= 11 is 0. The average Bonchev–Trinajstić information content (AvgIpc) is 2.72. The number of esters is 1. The number of carbonyl (C=O) groups is 1. The molecule has 1 fully saturated rings. The SMILES string of the molecule is CCOC(=O)c1nc(C=C2CCCCC2)oc1C. The van der Waals surface area contributed by atoms with E-state index in [9.17, 15) is 4.79 Å². The fourth-order valence-corrected chi connectivity index (χ4v) is 2.19. The molecule has 1 saturated carbocycles. The van der Waals surface area contributed by atoms with Crippen molar-refractivity contribution in [2.24, 2.45) is 0 Å². The van der Waals surface area contributed by atoms with Crippen LogP contribution in [-0.4, -0.2) is 17.6 Å². The predicted molar refractivity (Wildman–Crippen MR) is 68.3 cm³/mol. The van der Waals surface area contributed by atoms with E-state index in [2.05, 4.69) is 4.98 Å². The molecule has 2 rings (SSSR count). The Balaban J connectivity index is 2.15. The Labute approximate surface area is 107 Å². The van der Waals surface area contributed by atoms with Crippen LogP contribution in [0, 0.1) is 6.92 Å². The zero-order valence-electron chi connectivity index (χ0n) is 11.0. The lowest BCUT2D eigenvalue weighted by atomic mass is 9.95. The molecular weight excluding hydrogens is 230 g/mol. The van der Waals surface area contributed by atoms with Crippen LogP contribution in [0.5, 0.6) is 0 Å². The maximum atomic E-state index is 11.6. The summed E-state index contributed by atoms with van der Waals surface area (Å²) in [6, 6.07) is 0. The summed E-state index contributed by atoms with van der Waals surface area (Å²) in [5.41, 5.74) is 1.65. The second-order valence-electron chi connectivity index (χ2n) is 4.54. The molecule has 0 N–H and O–H groups in total. The molecule has 1 aromatic heterocycles. The highest BCUT2D eigenvalue weighted by molar-refractivity contribution is 5.88. The molecule has 4 heteroatoms. The molecule has 1 aromatic rings. The first kappa shape index (κ1) is 12.9. The topological polar surface area (TPSA) is 52.3 Å². The molecule has 1 aliphatic rings. The number of nitrogens with zero attached hydrogens (tertiary/aromatic N) is 1. The molecule has 0 bridgehead atoms. The molecule has 4 nitrogen and oxygen atoms in total. The van der Waals surface area contributed by atoms with Crippen LogP contribution in [0.15, 0.2) is 9.99 Å². The molecule has 0 aliphatic heterocycles. The van der Waals surface area contributed by atoms with Gasteiger partial charge in [0.15, 0.2) is 5.69 Å². The Morgan fingerprint density at radius 1 is 1.39 bits per heavy atom. The van der Waals surface area contributed by atoms with Gasteiger partial charge in [-0.05, 0) is 45.6 Å².